The third kappa shape index (κ3) is 5.91. The van der Waals surface area contributed by atoms with Gasteiger partial charge in [0.25, 0.3) is 0 Å². The smallest absolute Gasteiger partial charge is 0.315 e. The first-order valence-corrected chi connectivity index (χ1v) is 10.1. The number of methoxy groups -OCH3 is 1. The number of anilines is 1. The van der Waals surface area contributed by atoms with Crippen molar-refractivity contribution >= 4 is 11.7 Å². The Balaban J connectivity index is 1.36. The first-order chi connectivity index (χ1) is 13.6. The molecule has 1 fully saturated rings. The van der Waals surface area contributed by atoms with Gasteiger partial charge in [0, 0.05) is 37.4 Å². The molecule has 0 radical (unpaired) electrons. The van der Waals surface area contributed by atoms with Crippen molar-refractivity contribution in [3.63, 3.8) is 0 Å². The summed E-state index contributed by atoms with van der Waals surface area (Å²) < 4.78 is 5.31. The van der Waals surface area contributed by atoms with E-state index in [1.807, 2.05) is 18.2 Å². The van der Waals surface area contributed by atoms with E-state index in [9.17, 15) is 4.79 Å². The second-order valence-electron chi connectivity index (χ2n) is 7.58. The zero-order valence-electron chi connectivity index (χ0n) is 16.9. The van der Waals surface area contributed by atoms with Gasteiger partial charge in [0.1, 0.15) is 5.75 Å². The van der Waals surface area contributed by atoms with E-state index in [0.717, 1.165) is 38.1 Å². The molecule has 3 rings (SSSR count). The summed E-state index contributed by atoms with van der Waals surface area (Å²) in [6, 6.07) is 18.6. The predicted octanol–water partition coefficient (Wildman–Crippen LogP) is 3.84. The lowest BCUT2D eigenvalue weighted by molar-refractivity contribution is 0.235. The summed E-state index contributed by atoms with van der Waals surface area (Å²) in [5.74, 6) is 1.35. The molecule has 0 aromatic heterocycles. The van der Waals surface area contributed by atoms with Crippen molar-refractivity contribution in [2.45, 2.75) is 32.2 Å². The van der Waals surface area contributed by atoms with Crippen LogP contribution in [0.3, 0.4) is 0 Å². The van der Waals surface area contributed by atoms with Gasteiger partial charge in [-0.1, -0.05) is 36.4 Å². The maximum atomic E-state index is 12.2. The number of ether oxygens (including phenoxy) is 1. The minimum absolute atomic E-state index is 0.0691. The zero-order valence-corrected chi connectivity index (χ0v) is 16.9. The van der Waals surface area contributed by atoms with E-state index >= 15 is 0 Å². The molecule has 0 bridgehead atoms. The maximum absolute atomic E-state index is 12.2. The Kier molecular flexibility index (Phi) is 7.18. The Hall–Kier alpha value is -2.69. The van der Waals surface area contributed by atoms with Crippen molar-refractivity contribution in [3.05, 3.63) is 60.2 Å². The van der Waals surface area contributed by atoms with Crippen molar-refractivity contribution in [3.8, 4) is 5.75 Å². The molecule has 2 unspecified atom stereocenters. The van der Waals surface area contributed by atoms with E-state index in [1.54, 1.807) is 7.11 Å². The molecule has 0 saturated carbocycles. The minimum atomic E-state index is -0.0691. The topological polar surface area (TPSA) is 53.6 Å². The van der Waals surface area contributed by atoms with Crippen LogP contribution in [0.4, 0.5) is 10.5 Å². The summed E-state index contributed by atoms with van der Waals surface area (Å²) in [5, 5.41) is 6.10. The van der Waals surface area contributed by atoms with Gasteiger partial charge in [0.05, 0.1) is 7.11 Å². The SMILES string of the molecule is COc1cccc(N2CCC(CNC(=O)NC(C)CCc3ccccc3)C2)c1. The molecule has 5 heteroatoms. The number of rotatable bonds is 8. The molecule has 0 spiro atoms. The molecule has 5 nitrogen and oxygen atoms in total. The van der Waals surface area contributed by atoms with E-state index in [1.165, 1.54) is 11.3 Å². The lowest BCUT2D eigenvalue weighted by atomic mass is 10.1. The number of benzene rings is 2. The standard InChI is InChI=1S/C23H31N3O2/c1-18(11-12-19-7-4-3-5-8-19)25-23(27)24-16-20-13-14-26(17-20)21-9-6-10-22(15-21)28-2/h3-10,15,18,20H,11-14,16-17H2,1-2H3,(H2,24,25,27). The molecule has 1 aliphatic heterocycles. The van der Waals surface area contributed by atoms with Gasteiger partial charge in [-0.3, -0.25) is 0 Å². The van der Waals surface area contributed by atoms with Crippen molar-refractivity contribution in [2.24, 2.45) is 5.92 Å². The average molecular weight is 382 g/mol. The molecule has 1 saturated heterocycles. The number of nitrogens with one attached hydrogen (secondary N) is 2. The van der Waals surface area contributed by atoms with Crippen LogP contribution in [0, 0.1) is 5.92 Å². The molecule has 2 aromatic carbocycles. The first kappa shape index (κ1) is 20.1. The van der Waals surface area contributed by atoms with Gasteiger partial charge in [-0.25, -0.2) is 4.79 Å². The molecule has 28 heavy (non-hydrogen) atoms. The Bertz CT molecular complexity index is 751. The van der Waals surface area contributed by atoms with Crippen LogP contribution in [0.2, 0.25) is 0 Å². The van der Waals surface area contributed by atoms with E-state index in [0.29, 0.717) is 12.5 Å². The Morgan fingerprint density at radius 2 is 2.04 bits per heavy atom. The molecule has 1 heterocycles. The number of hydrogen-bond donors (Lipinski definition) is 2. The molecule has 2 amide bonds. The lowest BCUT2D eigenvalue weighted by Gasteiger charge is -2.20. The van der Waals surface area contributed by atoms with E-state index < -0.39 is 0 Å². The predicted molar refractivity (Wildman–Crippen MR) is 114 cm³/mol. The maximum Gasteiger partial charge on any atom is 0.315 e. The zero-order chi connectivity index (χ0) is 19.8. The summed E-state index contributed by atoms with van der Waals surface area (Å²) in [4.78, 5) is 14.6. The molecular weight excluding hydrogens is 350 g/mol. The molecule has 0 aliphatic carbocycles. The first-order valence-electron chi connectivity index (χ1n) is 10.1. The molecule has 2 atom stereocenters. The summed E-state index contributed by atoms with van der Waals surface area (Å²) >= 11 is 0. The van der Waals surface area contributed by atoms with Crippen LogP contribution in [0.5, 0.6) is 5.75 Å². The van der Waals surface area contributed by atoms with E-state index in [-0.39, 0.29) is 12.1 Å². The number of urea groups is 1. The summed E-state index contributed by atoms with van der Waals surface area (Å²) in [6.07, 6.45) is 2.99. The Morgan fingerprint density at radius 3 is 2.82 bits per heavy atom. The van der Waals surface area contributed by atoms with Crippen LogP contribution >= 0.6 is 0 Å². The second-order valence-corrected chi connectivity index (χ2v) is 7.58. The monoisotopic (exact) mass is 381 g/mol. The molecule has 2 N–H and O–H groups in total. The lowest BCUT2D eigenvalue weighted by Crippen LogP contribution is -2.43. The van der Waals surface area contributed by atoms with Gasteiger partial charge < -0.3 is 20.3 Å². The number of amides is 2. The number of aryl methyl sites for hydroxylation is 1. The quantitative estimate of drug-likeness (QED) is 0.730. The minimum Gasteiger partial charge on any atom is -0.497 e. The molecule has 150 valence electrons. The second kappa shape index (κ2) is 10.0. The highest BCUT2D eigenvalue weighted by Gasteiger charge is 2.23. The molecular formula is C23H31N3O2. The average Bonchev–Trinajstić information content (AvgIpc) is 3.21. The van der Waals surface area contributed by atoms with Crippen LogP contribution in [-0.2, 0) is 6.42 Å². The summed E-state index contributed by atoms with van der Waals surface area (Å²) in [7, 11) is 1.69. The largest absolute Gasteiger partial charge is 0.497 e. The van der Waals surface area contributed by atoms with Crippen LogP contribution < -0.4 is 20.3 Å². The number of carbonyl (C=O) groups is 1. The van der Waals surface area contributed by atoms with Crippen molar-refractivity contribution in [2.75, 3.05) is 31.6 Å². The third-order valence-corrected chi connectivity index (χ3v) is 5.34. The highest BCUT2D eigenvalue weighted by molar-refractivity contribution is 5.74. The fourth-order valence-corrected chi connectivity index (χ4v) is 3.65. The Morgan fingerprint density at radius 1 is 1.21 bits per heavy atom. The van der Waals surface area contributed by atoms with Crippen molar-refractivity contribution in [1.29, 1.82) is 0 Å². The fraction of sp³-hybridized carbons (Fsp3) is 0.435. The summed E-state index contributed by atoms with van der Waals surface area (Å²) in [6.45, 7) is 4.73. The summed E-state index contributed by atoms with van der Waals surface area (Å²) in [5.41, 5.74) is 2.49. The van der Waals surface area contributed by atoms with Gasteiger partial charge in [0.2, 0.25) is 0 Å². The number of carbonyl (C=O) groups excluding carboxylic acids is 1. The van der Waals surface area contributed by atoms with Crippen LogP contribution in [0.1, 0.15) is 25.3 Å². The molecule has 2 aromatic rings. The van der Waals surface area contributed by atoms with Gasteiger partial charge in [-0.15, -0.1) is 0 Å². The van der Waals surface area contributed by atoms with Crippen LogP contribution in [0.25, 0.3) is 0 Å². The van der Waals surface area contributed by atoms with Crippen molar-refractivity contribution in [1.82, 2.24) is 10.6 Å². The highest BCUT2D eigenvalue weighted by Crippen LogP contribution is 2.26. The normalized spacial score (nSPS) is 17.2. The highest BCUT2D eigenvalue weighted by atomic mass is 16.5. The number of hydrogen-bond acceptors (Lipinski definition) is 3. The van der Waals surface area contributed by atoms with Gasteiger partial charge in [0.15, 0.2) is 0 Å². The van der Waals surface area contributed by atoms with E-state index in [4.69, 9.17) is 4.74 Å². The third-order valence-electron chi connectivity index (χ3n) is 5.34. The fourth-order valence-electron chi connectivity index (χ4n) is 3.65. The molecule has 1 aliphatic rings. The van der Waals surface area contributed by atoms with Crippen LogP contribution in [-0.4, -0.2) is 38.8 Å². The van der Waals surface area contributed by atoms with Gasteiger partial charge in [-0.05, 0) is 49.8 Å². The van der Waals surface area contributed by atoms with Crippen molar-refractivity contribution < 1.29 is 9.53 Å². The van der Waals surface area contributed by atoms with E-state index in [2.05, 4.69) is 58.9 Å². The number of nitrogens with zero attached hydrogens (tertiary/aromatic N) is 1. The van der Waals surface area contributed by atoms with Crippen LogP contribution in [0.15, 0.2) is 54.6 Å². The van der Waals surface area contributed by atoms with Gasteiger partial charge >= 0.3 is 6.03 Å². The Labute approximate surface area is 168 Å². The van der Waals surface area contributed by atoms with Gasteiger partial charge in [-0.2, -0.15) is 0 Å².